The molecular weight excluding hydrogens is 282 g/mol. The number of nitrogens with one attached hydrogen (secondary N) is 1. The fraction of sp³-hybridized carbons (Fsp3) is 0.308. The number of nitrogens with zero attached hydrogens (tertiary/aromatic N) is 2. The molecule has 0 radical (unpaired) electrons. The van der Waals surface area contributed by atoms with E-state index in [1.165, 1.54) is 11.3 Å². The first-order chi connectivity index (χ1) is 8.86. The highest BCUT2D eigenvalue weighted by atomic mass is 35.5. The minimum atomic E-state index is -0.215. The molecule has 0 unspecified atom stereocenters. The van der Waals surface area contributed by atoms with Crippen LogP contribution in [0.4, 0.5) is 5.13 Å². The Hall–Kier alpha value is -1.46. The van der Waals surface area contributed by atoms with E-state index in [4.69, 9.17) is 11.6 Å². The highest BCUT2D eigenvalue weighted by Gasteiger charge is 2.20. The van der Waals surface area contributed by atoms with Crippen molar-refractivity contribution in [1.82, 2.24) is 10.2 Å². The monoisotopic (exact) mass is 295 g/mol. The van der Waals surface area contributed by atoms with Crippen molar-refractivity contribution in [2.45, 2.75) is 26.2 Å². The van der Waals surface area contributed by atoms with E-state index in [0.29, 0.717) is 15.7 Å². The quantitative estimate of drug-likeness (QED) is 0.918. The van der Waals surface area contributed by atoms with Crippen LogP contribution in [-0.4, -0.2) is 16.1 Å². The smallest absolute Gasteiger partial charge is 0.257 e. The predicted octanol–water partition coefficient (Wildman–Crippen LogP) is 3.74. The van der Waals surface area contributed by atoms with Gasteiger partial charge in [0.2, 0.25) is 5.13 Å². The molecule has 1 aromatic carbocycles. The molecule has 6 heteroatoms. The topological polar surface area (TPSA) is 54.9 Å². The maximum absolute atomic E-state index is 12.0. The summed E-state index contributed by atoms with van der Waals surface area (Å²) in [5.74, 6) is -0.215. The molecule has 0 saturated heterocycles. The molecule has 0 bridgehead atoms. The van der Waals surface area contributed by atoms with Crippen molar-refractivity contribution in [3.63, 3.8) is 0 Å². The van der Waals surface area contributed by atoms with Gasteiger partial charge in [0.1, 0.15) is 5.01 Å². The third-order valence-corrected chi connectivity index (χ3v) is 3.91. The van der Waals surface area contributed by atoms with E-state index in [2.05, 4.69) is 36.3 Å². The Kier molecular flexibility index (Phi) is 3.87. The maximum atomic E-state index is 12.0. The number of carbonyl (C=O) groups excluding carboxylic acids is 1. The van der Waals surface area contributed by atoms with Crippen molar-refractivity contribution < 1.29 is 4.79 Å². The lowest BCUT2D eigenvalue weighted by Crippen LogP contribution is -2.11. The Morgan fingerprint density at radius 2 is 1.84 bits per heavy atom. The van der Waals surface area contributed by atoms with Crippen LogP contribution in [0.5, 0.6) is 0 Å². The van der Waals surface area contributed by atoms with Crippen molar-refractivity contribution >= 4 is 34.0 Å². The minimum Gasteiger partial charge on any atom is -0.296 e. The molecule has 0 aliphatic rings. The average molecular weight is 296 g/mol. The lowest BCUT2D eigenvalue weighted by atomic mass is 9.98. The number of rotatable bonds is 2. The summed E-state index contributed by atoms with van der Waals surface area (Å²) in [5, 5.41) is 12.8. The maximum Gasteiger partial charge on any atom is 0.257 e. The molecule has 1 aromatic heterocycles. The van der Waals surface area contributed by atoms with Crippen LogP contribution < -0.4 is 5.32 Å². The van der Waals surface area contributed by atoms with E-state index < -0.39 is 0 Å². The third kappa shape index (κ3) is 3.52. The van der Waals surface area contributed by atoms with Crippen LogP contribution in [0.15, 0.2) is 24.3 Å². The van der Waals surface area contributed by atoms with E-state index in [0.717, 1.165) is 5.01 Å². The Labute approximate surface area is 120 Å². The SMILES string of the molecule is CC(C)(C)c1nnc(NC(=O)c2ccc(Cl)cc2)s1. The number of aromatic nitrogens is 2. The molecule has 4 nitrogen and oxygen atoms in total. The summed E-state index contributed by atoms with van der Waals surface area (Å²) < 4.78 is 0. The molecule has 0 atom stereocenters. The number of halogens is 1. The van der Waals surface area contributed by atoms with Gasteiger partial charge in [-0.05, 0) is 24.3 Å². The zero-order valence-corrected chi connectivity index (χ0v) is 12.5. The third-order valence-electron chi connectivity index (χ3n) is 2.39. The summed E-state index contributed by atoms with van der Waals surface area (Å²) >= 11 is 7.16. The number of benzene rings is 1. The molecule has 1 amide bonds. The second-order valence-electron chi connectivity index (χ2n) is 5.12. The van der Waals surface area contributed by atoms with Gasteiger partial charge in [-0.1, -0.05) is 43.7 Å². The minimum absolute atomic E-state index is 0.0685. The summed E-state index contributed by atoms with van der Waals surface area (Å²) in [4.78, 5) is 12.0. The normalized spacial score (nSPS) is 11.4. The second-order valence-corrected chi connectivity index (χ2v) is 6.54. The van der Waals surface area contributed by atoms with E-state index in [1.807, 2.05) is 0 Å². The molecule has 0 fully saturated rings. The van der Waals surface area contributed by atoms with Crippen molar-refractivity contribution in [3.05, 3.63) is 39.9 Å². The van der Waals surface area contributed by atoms with Gasteiger partial charge in [0.05, 0.1) is 0 Å². The van der Waals surface area contributed by atoms with Crippen molar-refractivity contribution in [1.29, 1.82) is 0 Å². The van der Waals surface area contributed by atoms with Crippen LogP contribution in [0.2, 0.25) is 5.02 Å². The van der Waals surface area contributed by atoms with E-state index in [-0.39, 0.29) is 11.3 Å². The molecule has 0 aliphatic carbocycles. The van der Waals surface area contributed by atoms with Gasteiger partial charge >= 0.3 is 0 Å². The molecule has 2 aromatic rings. The van der Waals surface area contributed by atoms with Crippen LogP contribution in [0, 0.1) is 0 Å². The first kappa shape index (κ1) is 14.0. The fourth-order valence-corrected chi connectivity index (χ4v) is 2.27. The number of amides is 1. The second kappa shape index (κ2) is 5.27. The predicted molar refractivity (Wildman–Crippen MR) is 78.0 cm³/mol. The van der Waals surface area contributed by atoms with Crippen molar-refractivity contribution in [3.8, 4) is 0 Å². The number of hydrogen-bond acceptors (Lipinski definition) is 4. The lowest BCUT2D eigenvalue weighted by molar-refractivity contribution is 0.102. The Bertz CT molecular complexity index is 587. The van der Waals surface area contributed by atoms with Crippen LogP contribution in [0.25, 0.3) is 0 Å². The Balaban J connectivity index is 2.11. The average Bonchev–Trinajstić information content (AvgIpc) is 2.78. The highest BCUT2D eigenvalue weighted by Crippen LogP contribution is 2.27. The first-order valence-corrected chi connectivity index (χ1v) is 6.96. The summed E-state index contributed by atoms with van der Waals surface area (Å²) in [7, 11) is 0. The largest absolute Gasteiger partial charge is 0.296 e. The van der Waals surface area contributed by atoms with Gasteiger partial charge in [-0.15, -0.1) is 10.2 Å². The van der Waals surface area contributed by atoms with Gasteiger partial charge in [0, 0.05) is 16.0 Å². The van der Waals surface area contributed by atoms with Gasteiger partial charge in [-0.3, -0.25) is 10.1 Å². The zero-order chi connectivity index (χ0) is 14.0. The molecule has 0 spiro atoms. The van der Waals surface area contributed by atoms with Crippen LogP contribution in [0.3, 0.4) is 0 Å². The molecule has 1 heterocycles. The van der Waals surface area contributed by atoms with Gasteiger partial charge in [0.15, 0.2) is 0 Å². The molecule has 0 saturated carbocycles. The Morgan fingerprint density at radius 3 is 2.37 bits per heavy atom. The molecule has 2 rings (SSSR count). The standard InChI is InChI=1S/C13H14ClN3OS/c1-13(2,3)11-16-17-12(19-11)15-10(18)8-4-6-9(14)7-5-8/h4-7H,1-3H3,(H,15,17,18). The highest BCUT2D eigenvalue weighted by molar-refractivity contribution is 7.15. The zero-order valence-electron chi connectivity index (χ0n) is 10.9. The summed E-state index contributed by atoms with van der Waals surface area (Å²) in [6.45, 7) is 6.16. The van der Waals surface area contributed by atoms with Crippen LogP contribution in [0.1, 0.15) is 36.1 Å². The van der Waals surface area contributed by atoms with Gasteiger partial charge in [0.25, 0.3) is 5.91 Å². The number of carbonyl (C=O) groups is 1. The van der Waals surface area contributed by atoms with Gasteiger partial charge in [-0.2, -0.15) is 0 Å². The van der Waals surface area contributed by atoms with E-state index >= 15 is 0 Å². The molecule has 1 N–H and O–H groups in total. The molecular formula is C13H14ClN3OS. The summed E-state index contributed by atoms with van der Waals surface area (Å²) in [5.41, 5.74) is 0.470. The molecule has 19 heavy (non-hydrogen) atoms. The van der Waals surface area contributed by atoms with Gasteiger partial charge in [-0.25, -0.2) is 0 Å². The first-order valence-electron chi connectivity index (χ1n) is 5.77. The van der Waals surface area contributed by atoms with Crippen LogP contribution in [-0.2, 0) is 5.41 Å². The molecule has 0 aliphatic heterocycles. The number of hydrogen-bond donors (Lipinski definition) is 1. The Morgan fingerprint density at radius 1 is 1.21 bits per heavy atom. The summed E-state index contributed by atoms with van der Waals surface area (Å²) in [6, 6.07) is 6.70. The van der Waals surface area contributed by atoms with E-state index in [9.17, 15) is 4.79 Å². The fourth-order valence-electron chi connectivity index (χ4n) is 1.35. The van der Waals surface area contributed by atoms with Crippen molar-refractivity contribution in [2.75, 3.05) is 5.32 Å². The number of anilines is 1. The lowest BCUT2D eigenvalue weighted by Gasteiger charge is -2.12. The van der Waals surface area contributed by atoms with Crippen LogP contribution >= 0.6 is 22.9 Å². The van der Waals surface area contributed by atoms with Crippen molar-refractivity contribution in [2.24, 2.45) is 0 Å². The molecule has 100 valence electrons. The van der Waals surface area contributed by atoms with Gasteiger partial charge < -0.3 is 0 Å². The summed E-state index contributed by atoms with van der Waals surface area (Å²) in [6.07, 6.45) is 0. The van der Waals surface area contributed by atoms with E-state index in [1.54, 1.807) is 24.3 Å².